The van der Waals surface area contributed by atoms with Crippen LogP contribution in [0.1, 0.15) is 12.2 Å². The minimum Gasteiger partial charge on any atom is -0.334 e. The van der Waals surface area contributed by atoms with E-state index in [1.54, 1.807) is 24.0 Å². The molecule has 1 aliphatic heterocycles. The number of rotatable bonds is 4. The van der Waals surface area contributed by atoms with Gasteiger partial charge in [-0.1, -0.05) is 35.5 Å². The summed E-state index contributed by atoms with van der Waals surface area (Å²) in [5.41, 5.74) is 2.03. The van der Waals surface area contributed by atoms with Gasteiger partial charge in [-0.05, 0) is 31.2 Å². The normalized spacial score (nSPS) is 16.6. The SMILES string of the molecule is Cc1noc(-c2ccccc2NC(=O)C2CC(=O)N(c3ccccc3)C2)n1. The topological polar surface area (TPSA) is 88.3 Å². The second kappa shape index (κ2) is 7.03. The van der Waals surface area contributed by atoms with Crippen molar-refractivity contribution in [2.45, 2.75) is 13.3 Å². The number of nitrogens with one attached hydrogen (secondary N) is 1. The number of nitrogens with zero attached hydrogens (tertiary/aromatic N) is 3. The van der Waals surface area contributed by atoms with E-state index in [4.69, 9.17) is 4.52 Å². The number of anilines is 2. The van der Waals surface area contributed by atoms with Crippen LogP contribution in [0.15, 0.2) is 59.1 Å². The van der Waals surface area contributed by atoms with Gasteiger partial charge in [0.15, 0.2) is 5.82 Å². The molecule has 1 aromatic heterocycles. The number of hydrogen-bond donors (Lipinski definition) is 1. The number of amides is 2. The van der Waals surface area contributed by atoms with E-state index in [0.717, 1.165) is 5.69 Å². The molecule has 2 heterocycles. The first-order chi connectivity index (χ1) is 13.1. The Hall–Kier alpha value is -3.48. The van der Waals surface area contributed by atoms with Gasteiger partial charge in [-0.3, -0.25) is 9.59 Å². The molecule has 2 aromatic carbocycles. The van der Waals surface area contributed by atoms with Gasteiger partial charge in [-0.2, -0.15) is 4.98 Å². The number of aromatic nitrogens is 2. The molecular formula is C20H18N4O3. The molecule has 3 aromatic rings. The first kappa shape index (κ1) is 17.0. The standard InChI is InChI=1S/C20H18N4O3/c1-13-21-20(27-23-13)16-9-5-6-10-17(16)22-19(26)14-11-18(25)24(12-14)15-7-3-2-4-8-15/h2-10,14H,11-12H2,1H3,(H,22,26). The number of carbonyl (C=O) groups excluding carboxylic acids is 2. The Bertz CT molecular complexity index is 984. The fourth-order valence-electron chi connectivity index (χ4n) is 3.16. The van der Waals surface area contributed by atoms with Crippen LogP contribution in [-0.4, -0.2) is 28.5 Å². The predicted octanol–water partition coefficient (Wildman–Crippen LogP) is 3.04. The Labute approximate surface area is 156 Å². The summed E-state index contributed by atoms with van der Waals surface area (Å²) in [6.45, 7) is 2.09. The fraction of sp³-hybridized carbons (Fsp3) is 0.200. The molecular weight excluding hydrogens is 344 g/mol. The Morgan fingerprint density at radius 2 is 1.89 bits per heavy atom. The Morgan fingerprint density at radius 1 is 1.15 bits per heavy atom. The van der Waals surface area contributed by atoms with Crippen molar-refractivity contribution in [1.29, 1.82) is 0 Å². The van der Waals surface area contributed by atoms with Gasteiger partial charge < -0.3 is 14.7 Å². The quantitative estimate of drug-likeness (QED) is 0.771. The largest absolute Gasteiger partial charge is 0.334 e. The molecule has 0 aliphatic carbocycles. The van der Waals surface area contributed by atoms with E-state index in [9.17, 15) is 9.59 Å². The second-order valence-corrected chi connectivity index (χ2v) is 6.42. The lowest BCUT2D eigenvalue weighted by molar-refractivity contribution is -0.122. The van der Waals surface area contributed by atoms with Gasteiger partial charge in [0.2, 0.25) is 11.8 Å². The van der Waals surface area contributed by atoms with Crippen LogP contribution in [0.25, 0.3) is 11.5 Å². The Balaban J connectivity index is 1.52. The molecule has 1 saturated heterocycles. The first-order valence-electron chi connectivity index (χ1n) is 8.68. The van der Waals surface area contributed by atoms with E-state index in [1.807, 2.05) is 42.5 Å². The van der Waals surface area contributed by atoms with Crippen LogP contribution in [0.5, 0.6) is 0 Å². The highest BCUT2D eigenvalue weighted by Crippen LogP contribution is 2.29. The smallest absolute Gasteiger partial charge is 0.260 e. The molecule has 0 bridgehead atoms. The molecule has 136 valence electrons. The van der Waals surface area contributed by atoms with Crippen molar-refractivity contribution in [1.82, 2.24) is 10.1 Å². The lowest BCUT2D eigenvalue weighted by atomic mass is 10.1. The van der Waals surface area contributed by atoms with E-state index < -0.39 is 5.92 Å². The average Bonchev–Trinajstić information content (AvgIpc) is 3.29. The van der Waals surface area contributed by atoms with Crippen LogP contribution in [0, 0.1) is 12.8 Å². The van der Waals surface area contributed by atoms with Crippen molar-refractivity contribution in [3.05, 3.63) is 60.4 Å². The molecule has 7 nitrogen and oxygen atoms in total. The molecule has 0 saturated carbocycles. The van der Waals surface area contributed by atoms with Crippen LogP contribution < -0.4 is 10.2 Å². The third-order valence-corrected chi connectivity index (χ3v) is 4.51. The second-order valence-electron chi connectivity index (χ2n) is 6.42. The molecule has 0 radical (unpaired) electrons. The molecule has 1 fully saturated rings. The zero-order valence-corrected chi connectivity index (χ0v) is 14.8. The van der Waals surface area contributed by atoms with E-state index in [1.165, 1.54) is 0 Å². The summed E-state index contributed by atoms with van der Waals surface area (Å²) in [5.74, 6) is 0.186. The molecule has 27 heavy (non-hydrogen) atoms. The summed E-state index contributed by atoms with van der Waals surface area (Å²) in [6, 6.07) is 16.6. The molecule has 1 aliphatic rings. The molecule has 1 atom stereocenters. The van der Waals surface area contributed by atoms with Crippen LogP contribution in [0.2, 0.25) is 0 Å². The van der Waals surface area contributed by atoms with Gasteiger partial charge in [0.05, 0.1) is 17.2 Å². The van der Waals surface area contributed by atoms with E-state index in [0.29, 0.717) is 29.5 Å². The van der Waals surface area contributed by atoms with Gasteiger partial charge in [-0.15, -0.1) is 0 Å². The predicted molar refractivity (Wildman–Crippen MR) is 100 cm³/mol. The molecule has 0 spiro atoms. The highest BCUT2D eigenvalue weighted by atomic mass is 16.5. The lowest BCUT2D eigenvalue weighted by Gasteiger charge is -2.16. The summed E-state index contributed by atoms with van der Waals surface area (Å²) >= 11 is 0. The molecule has 1 N–H and O–H groups in total. The minimum absolute atomic E-state index is 0.0536. The third-order valence-electron chi connectivity index (χ3n) is 4.51. The maximum atomic E-state index is 12.8. The average molecular weight is 362 g/mol. The zero-order valence-electron chi connectivity index (χ0n) is 14.8. The number of para-hydroxylation sites is 2. The van der Waals surface area contributed by atoms with E-state index >= 15 is 0 Å². The summed E-state index contributed by atoms with van der Waals surface area (Å²) in [7, 11) is 0. The van der Waals surface area contributed by atoms with Gasteiger partial charge in [0.25, 0.3) is 5.89 Å². The van der Waals surface area contributed by atoms with Crippen molar-refractivity contribution >= 4 is 23.2 Å². The monoisotopic (exact) mass is 362 g/mol. The van der Waals surface area contributed by atoms with Gasteiger partial charge in [0, 0.05) is 18.7 Å². The van der Waals surface area contributed by atoms with Crippen molar-refractivity contribution < 1.29 is 14.1 Å². The van der Waals surface area contributed by atoms with Crippen LogP contribution >= 0.6 is 0 Å². The van der Waals surface area contributed by atoms with Crippen LogP contribution in [-0.2, 0) is 9.59 Å². The van der Waals surface area contributed by atoms with E-state index in [2.05, 4.69) is 15.5 Å². The molecule has 2 amide bonds. The summed E-state index contributed by atoms with van der Waals surface area (Å²) < 4.78 is 5.22. The number of carbonyl (C=O) groups is 2. The maximum absolute atomic E-state index is 12.8. The van der Waals surface area contributed by atoms with E-state index in [-0.39, 0.29) is 18.2 Å². The van der Waals surface area contributed by atoms with Crippen molar-refractivity contribution in [3.8, 4) is 11.5 Å². The maximum Gasteiger partial charge on any atom is 0.260 e. The molecule has 7 heteroatoms. The summed E-state index contributed by atoms with van der Waals surface area (Å²) in [5, 5.41) is 6.70. The lowest BCUT2D eigenvalue weighted by Crippen LogP contribution is -2.28. The van der Waals surface area contributed by atoms with Crippen molar-refractivity contribution in [3.63, 3.8) is 0 Å². The van der Waals surface area contributed by atoms with Gasteiger partial charge >= 0.3 is 0 Å². The number of benzene rings is 2. The van der Waals surface area contributed by atoms with Gasteiger partial charge in [-0.25, -0.2) is 0 Å². The highest BCUT2D eigenvalue weighted by molar-refractivity contribution is 6.04. The molecule has 1 unspecified atom stereocenters. The van der Waals surface area contributed by atoms with Gasteiger partial charge in [0.1, 0.15) is 0 Å². The number of hydrogen-bond acceptors (Lipinski definition) is 5. The summed E-state index contributed by atoms with van der Waals surface area (Å²) in [4.78, 5) is 31.0. The van der Waals surface area contributed by atoms with Crippen LogP contribution in [0.3, 0.4) is 0 Å². The summed E-state index contributed by atoms with van der Waals surface area (Å²) in [6.07, 6.45) is 0.183. The Morgan fingerprint density at radius 3 is 2.63 bits per heavy atom. The number of aryl methyl sites for hydroxylation is 1. The first-order valence-corrected chi connectivity index (χ1v) is 8.68. The van der Waals surface area contributed by atoms with Crippen molar-refractivity contribution in [2.75, 3.05) is 16.8 Å². The third kappa shape index (κ3) is 3.44. The highest BCUT2D eigenvalue weighted by Gasteiger charge is 2.35. The minimum atomic E-state index is -0.421. The Kier molecular flexibility index (Phi) is 4.42. The van der Waals surface area contributed by atoms with Crippen LogP contribution in [0.4, 0.5) is 11.4 Å². The molecule has 4 rings (SSSR count). The fourth-order valence-corrected chi connectivity index (χ4v) is 3.16. The van der Waals surface area contributed by atoms with Crippen molar-refractivity contribution in [2.24, 2.45) is 5.92 Å². The zero-order chi connectivity index (χ0) is 18.8.